The van der Waals surface area contributed by atoms with Crippen LogP contribution >= 0.6 is 23.2 Å². The number of rotatable bonds is 1. The lowest BCUT2D eigenvalue weighted by Gasteiger charge is -2.39. The van der Waals surface area contributed by atoms with Crippen molar-refractivity contribution in [1.29, 1.82) is 0 Å². The van der Waals surface area contributed by atoms with Gasteiger partial charge in [0.15, 0.2) is 0 Å². The van der Waals surface area contributed by atoms with Crippen LogP contribution in [0.15, 0.2) is 18.2 Å². The Morgan fingerprint density at radius 1 is 1.22 bits per heavy atom. The minimum Gasteiger partial charge on any atom is -0.305 e. The van der Waals surface area contributed by atoms with Crippen LogP contribution in [0.25, 0.3) is 0 Å². The second kappa shape index (κ2) is 4.70. The van der Waals surface area contributed by atoms with Gasteiger partial charge in [-0.15, -0.1) is 0 Å². The molecule has 0 bridgehead atoms. The van der Waals surface area contributed by atoms with Crippen LogP contribution in [-0.2, 0) is 5.41 Å². The summed E-state index contributed by atoms with van der Waals surface area (Å²) in [6.45, 7) is 2.38. The summed E-state index contributed by atoms with van der Waals surface area (Å²) in [4.78, 5) is 2.47. The Hall–Kier alpha value is -0.240. The first-order valence-corrected chi connectivity index (χ1v) is 7.51. The Morgan fingerprint density at radius 2 is 2.06 bits per heavy atom. The van der Waals surface area contributed by atoms with Gasteiger partial charge in [0.2, 0.25) is 0 Å². The van der Waals surface area contributed by atoms with E-state index in [0.717, 1.165) is 12.5 Å². The van der Waals surface area contributed by atoms with Crippen molar-refractivity contribution >= 4 is 23.2 Å². The number of benzene rings is 1. The van der Waals surface area contributed by atoms with E-state index in [0.29, 0.717) is 15.5 Å². The summed E-state index contributed by atoms with van der Waals surface area (Å²) in [5.41, 5.74) is 1.72. The second-order valence-corrected chi connectivity index (χ2v) is 6.74. The van der Waals surface area contributed by atoms with Crippen LogP contribution in [0.4, 0.5) is 0 Å². The van der Waals surface area contributed by atoms with Gasteiger partial charge < -0.3 is 4.90 Å². The third kappa shape index (κ3) is 1.97. The molecule has 2 atom stereocenters. The van der Waals surface area contributed by atoms with Crippen LogP contribution in [0.2, 0.25) is 10.0 Å². The molecule has 0 aromatic heterocycles. The Morgan fingerprint density at radius 3 is 2.83 bits per heavy atom. The molecule has 18 heavy (non-hydrogen) atoms. The van der Waals surface area contributed by atoms with Crippen LogP contribution in [-0.4, -0.2) is 25.0 Å². The summed E-state index contributed by atoms with van der Waals surface area (Å²) in [5, 5.41) is 1.36. The number of hydrogen-bond donors (Lipinski definition) is 0. The molecule has 1 saturated carbocycles. The molecule has 1 unspecified atom stereocenters. The minimum atomic E-state index is 0.321. The maximum atomic E-state index is 6.21. The lowest BCUT2D eigenvalue weighted by atomic mass is 9.64. The smallest absolute Gasteiger partial charge is 0.0595 e. The molecule has 3 heteroatoms. The molecule has 1 aliphatic carbocycles. The van der Waals surface area contributed by atoms with Crippen molar-refractivity contribution in [3.8, 4) is 0 Å². The summed E-state index contributed by atoms with van der Waals surface area (Å²) >= 11 is 12.3. The van der Waals surface area contributed by atoms with Crippen molar-refractivity contribution in [3.63, 3.8) is 0 Å². The topological polar surface area (TPSA) is 3.24 Å². The normalized spacial score (nSPS) is 32.5. The van der Waals surface area contributed by atoms with E-state index in [4.69, 9.17) is 23.2 Å². The van der Waals surface area contributed by atoms with Crippen LogP contribution in [0, 0.1) is 5.92 Å². The molecular formula is C15H19Cl2N. The van der Waals surface area contributed by atoms with Gasteiger partial charge in [0.05, 0.1) is 10.0 Å². The van der Waals surface area contributed by atoms with Gasteiger partial charge in [-0.1, -0.05) is 42.1 Å². The average molecular weight is 284 g/mol. The third-order valence-corrected chi connectivity index (χ3v) is 5.52. The monoisotopic (exact) mass is 283 g/mol. The zero-order chi connectivity index (χ0) is 12.8. The first kappa shape index (κ1) is 12.8. The minimum absolute atomic E-state index is 0.321. The molecule has 0 N–H and O–H groups in total. The Balaban J connectivity index is 2.03. The molecule has 2 aliphatic rings. The maximum Gasteiger partial charge on any atom is 0.0595 e. The van der Waals surface area contributed by atoms with Crippen molar-refractivity contribution in [2.24, 2.45) is 5.92 Å². The number of hydrogen-bond acceptors (Lipinski definition) is 1. The van der Waals surface area contributed by atoms with E-state index in [2.05, 4.69) is 24.1 Å². The molecule has 1 nitrogen and oxygen atoms in total. The molecule has 1 saturated heterocycles. The lowest BCUT2D eigenvalue weighted by molar-refractivity contribution is 0.242. The fraction of sp³-hybridized carbons (Fsp3) is 0.600. The van der Waals surface area contributed by atoms with E-state index in [9.17, 15) is 0 Å². The summed E-state index contributed by atoms with van der Waals surface area (Å²) in [6, 6.07) is 6.24. The number of likely N-dealkylation sites (tertiary alicyclic amines) is 1. The fourth-order valence-corrected chi connectivity index (χ4v) is 4.28. The van der Waals surface area contributed by atoms with E-state index in [1.165, 1.54) is 37.8 Å². The van der Waals surface area contributed by atoms with Gasteiger partial charge >= 0.3 is 0 Å². The van der Waals surface area contributed by atoms with Gasteiger partial charge in [0, 0.05) is 18.5 Å². The Bertz CT molecular complexity index is 460. The van der Waals surface area contributed by atoms with Crippen LogP contribution in [0.1, 0.15) is 31.2 Å². The number of likely N-dealkylation sites (N-methyl/N-ethyl adjacent to an activating group) is 1. The molecule has 98 valence electrons. The van der Waals surface area contributed by atoms with Crippen molar-refractivity contribution in [2.45, 2.75) is 31.1 Å². The highest BCUT2D eigenvalue weighted by Crippen LogP contribution is 2.49. The maximum absolute atomic E-state index is 6.21. The van der Waals surface area contributed by atoms with Gasteiger partial charge in [0.25, 0.3) is 0 Å². The average Bonchev–Trinajstić information content (AvgIpc) is 2.69. The van der Waals surface area contributed by atoms with Crippen molar-refractivity contribution in [1.82, 2.24) is 4.90 Å². The van der Waals surface area contributed by atoms with E-state index in [-0.39, 0.29) is 0 Å². The molecule has 1 aromatic rings. The molecule has 1 aromatic carbocycles. The quantitative estimate of drug-likeness (QED) is 0.740. The second-order valence-electron chi connectivity index (χ2n) is 5.92. The Labute approximate surface area is 119 Å². The highest BCUT2D eigenvalue weighted by Gasteiger charge is 2.47. The van der Waals surface area contributed by atoms with Gasteiger partial charge in [0.1, 0.15) is 0 Å². The van der Waals surface area contributed by atoms with Gasteiger partial charge in [-0.2, -0.15) is 0 Å². The molecule has 2 fully saturated rings. The molecule has 3 rings (SSSR count). The largest absolute Gasteiger partial charge is 0.305 e. The van der Waals surface area contributed by atoms with Gasteiger partial charge in [-0.25, -0.2) is 0 Å². The van der Waals surface area contributed by atoms with E-state index < -0.39 is 0 Å². The van der Waals surface area contributed by atoms with Crippen molar-refractivity contribution in [2.75, 3.05) is 20.1 Å². The number of fused-ring (bicyclic) bond motifs is 1. The molecule has 0 amide bonds. The van der Waals surface area contributed by atoms with E-state index in [1.54, 1.807) is 0 Å². The summed E-state index contributed by atoms with van der Waals surface area (Å²) in [6.07, 6.45) is 5.36. The standard InChI is InChI=1S/C15H19Cl2N/c1-18-9-12-4-2-3-7-15(12,10-18)11-5-6-13(16)14(17)8-11/h5-6,8,12H,2-4,7,9-10H2,1H3/t12?,15-/m1/s1. The van der Waals surface area contributed by atoms with Gasteiger partial charge in [-0.05, 0) is 43.5 Å². The molecule has 0 radical (unpaired) electrons. The lowest BCUT2D eigenvalue weighted by Crippen LogP contribution is -2.37. The molecule has 0 spiro atoms. The van der Waals surface area contributed by atoms with E-state index in [1.807, 2.05) is 6.07 Å². The number of halogens is 2. The summed E-state index contributed by atoms with van der Waals surface area (Å²) in [5.74, 6) is 0.786. The first-order chi connectivity index (χ1) is 8.62. The Kier molecular flexibility index (Phi) is 3.34. The zero-order valence-corrected chi connectivity index (χ0v) is 12.3. The summed E-state index contributed by atoms with van der Waals surface area (Å²) < 4.78 is 0. The summed E-state index contributed by atoms with van der Waals surface area (Å²) in [7, 11) is 2.23. The number of nitrogens with zero attached hydrogens (tertiary/aromatic N) is 1. The predicted octanol–water partition coefficient (Wildman–Crippen LogP) is 4.37. The third-order valence-electron chi connectivity index (χ3n) is 4.79. The first-order valence-electron chi connectivity index (χ1n) is 6.76. The van der Waals surface area contributed by atoms with Crippen LogP contribution < -0.4 is 0 Å². The highest BCUT2D eigenvalue weighted by atomic mass is 35.5. The van der Waals surface area contributed by atoms with Crippen molar-refractivity contribution in [3.05, 3.63) is 33.8 Å². The van der Waals surface area contributed by atoms with Crippen molar-refractivity contribution < 1.29 is 0 Å². The van der Waals surface area contributed by atoms with E-state index >= 15 is 0 Å². The van der Waals surface area contributed by atoms with Gasteiger partial charge in [-0.3, -0.25) is 0 Å². The molecular weight excluding hydrogens is 265 g/mol. The highest BCUT2D eigenvalue weighted by molar-refractivity contribution is 6.42. The zero-order valence-electron chi connectivity index (χ0n) is 10.8. The van der Waals surface area contributed by atoms with Crippen LogP contribution in [0.5, 0.6) is 0 Å². The fourth-order valence-electron chi connectivity index (χ4n) is 3.99. The molecule has 1 aliphatic heterocycles. The van der Waals surface area contributed by atoms with Crippen LogP contribution in [0.3, 0.4) is 0 Å². The molecule has 1 heterocycles. The SMILES string of the molecule is CN1CC2CCCC[C@]2(c2ccc(Cl)c(Cl)c2)C1. The predicted molar refractivity (Wildman–Crippen MR) is 77.6 cm³/mol.